The molecule has 158 valence electrons. The molecule has 1 fully saturated rings. The van der Waals surface area contributed by atoms with E-state index in [4.69, 9.17) is 10.5 Å². The molecule has 1 saturated heterocycles. The first-order valence-corrected chi connectivity index (χ1v) is 10.2. The molecule has 1 amide bonds. The summed E-state index contributed by atoms with van der Waals surface area (Å²) in [6.45, 7) is 0. The minimum atomic E-state index is -1.36. The predicted molar refractivity (Wildman–Crippen MR) is 103 cm³/mol. The predicted octanol–water partition coefficient (Wildman–Crippen LogP) is -1.26. The van der Waals surface area contributed by atoms with E-state index in [2.05, 4.69) is 20.3 Å². The topological polar surface area (TPSA) is 186 Å². The first-order chi connectivity index (χ1) is 13.8. The molecule has 2 aromatic rings. The van der Waals surface area contributed by atoms with Gasteiger partial charge in [0.05, 0.1) is 18.9 Å². The molecule has 0 spiro atoms. The molecule has 0 saturated carbocycles. The molecule has 0 radical (unpaired) electrons. The van der Waals surface area contributed by atoms with Crippen molar-refractivity contribution in [2.75, 3.05) is 17.7 Å². The van der Waals surface area contributed by atoms with Gasteiger partial charge in [-0.25, -0.2) is 19.7 Å². The number of aliphatic hydroxyl groups is 2. The van der Waals surface area contributed by atoms with Crippen molar-refractivity contribution < 1.29 is 29.6 Å². The Morgan fingerprint density at radius 3 is 2.79 bits per heavy atom. The maximum Gasteiger partial charge on any atom is 0.326 e. The second-order valence-electron chi connectivity index (χ2n) is 6.57. The molecule has 2 aromatic heterocycles. The monoisotopic (exact) mass is 426 g/mol. The van der Waals surface area contributed by atoms with Crippen LogP contribution in [0.15, 0.2) is 12.7 Å². The number of aromatic nitrogens is 4. The van der Waals surface area contributed by atoms with Gasteiger partial charge in [0.15, 0.2) is 17.7 Å². The highest BCUT2D eigenvalue weighted by Crippen LogP contribution is 2.33. The summed E-state index contributed by atoms with van der Waals surface area (Å²) in [6, 6.07) is -1.04. The van der Waals surface area contributed by atoms with Gasteiger partial charge in [-0.15, -0.1) is 0 Å². The lowest BCUT2D eigenvalue weighted by Crippen LogP contribution is -2.43. The number of amides is 1. The Morgan fingerprint density at radius 2 is 2.10 bits per heavy atom. The lowest BCUT2D eigenvalue weighted by molar-refractivity contribution is -0.142. The van der Waals surface area contributed by atoms with Gasteiger partial charge in [-0.05, 0) is 18.4 Å². The molecular formula is C16H22N6O6S. The number of carboxylic acid groups (broad SMARTS) is 1. The number of carbonyl (C=O) groups is 2. The summed E-state index contributed by atoms with van der Waals surface area (Å²) in [6.07, 6.45) is -0.435. The van der Waals surface area contributed by atoms with Crippen LogP contribution in [-0.2, 0) is 14.3 Å². The number of nitrogens with one attached hydrogen (secondary N) is 1. The average molecular weight is 426 g/mol. The van der Waals surface area contributed by atoms with E-state index < -0.39 is 42.5 Å². The zero-order valence-electron chi connectivity index (χ0n) is 15.5. The summed E-state index contributed by atoms with van der Waals surface area (Å²) in [7, 11) is 0. The third kappa shape index (κ3) is 4.42. The number of hydrogen-bond donors (Lipinski definition) is 5. The number of hydrogen-bond acceptors (Lipinski definition) is 10. The number of carbonyl (C=O) groups excluding carboxylic acids is 1. The highest BCUT2D eigenvalue weighted by atomic mass is 32.2. The normalized spacial score (nSPS) is 25.2. The number of carboxylic acids is 1. The van der Waals surface area contributed by atoms with Crippen molar-refractivity contribution in [3.63, 3.8) is 0 Å². The number of aliphatic hydroxyl groups excluding tert-OH is 2. The number of anilines is 1. The van der Waals surface area contributed by atoms with Gasteiger partial charge in [-0.3, -0.25) is 9.36 Å². The Morgan fingerprint density at radius 1 is 1.34 bits per heavy atom. The van der Waals surface area contributed by atoms with E-state index in [1.54, 1.807) is 0 Å². The van der Waals surface area contributed by atoms with Gasteiger partial charge in [0, 0.05) is 0 Å². The average Bonchev–Trinajstić information content (AvgIpc) is 3.22. The van der Waals surface area contributed by atoms with Crippen LogP contribution < -0.4 is 11.1 Å². The third-order valence-corrected chi connectivity index (χ3v) is 5.27. The summed E-state index contributed by atoms with van der Waals surface area (Å²) in [5.74, 6) is -1.01. The number of nitrogen functional groups attached to an aromatic ring is 1. The summed E-state index contributed by atoms with van der Waals surface area (Å²) >= 11 is 1.47. The Labute approximate surface area is 169 Å². The standard InChI is InChI=1S/C16H22N6O6S/c1-29-3-2-7(16(26)27)21-9(23)4-8-11(24)12(25)15(28-8)22-6-20-10-13(17)18-5-19-14(10)22/h5-8,11-12,15,24-25H,2-4H2,1H3,(H,21,23)(H,26,27)(H2,17,18,19)/t7-,8+,11+,12+,15+/m0/s1. The van der Waals surface area contributed by atoms with Crippen LogP contribution in [0.4, 0.5) is 5.82 Å². The van der Waals surface area contributed by atoms with Gasteiger partial charge in [0.1, 0.15) is 30.1 Å². The lowest BCUT2D eigenvalue weighted by atomic mass is 10.1. The minimum absolute atomic E-state index is 0.155. The highest BCUT2D eigenvalue weighted by Gasteiger charge is 2.45. The third-order valence-electron chi connectivity index (χ3n) is 4.63. The zero-order chi connectivity index (χ0) is 21.1. The zero-order valence-corrected chi connectivity index (χ0v) is 16.3. The van der Waals surface area contributed by atoms with E-state index in [0.29, 0.717) is 16.9 Å². The fraction of sp³-hybridized carbons (Fsp3) is 0.562. The van der Waals surface area contributed by atoms with Crippen LogP contribution >= 0.6 is 11.8 Å². The summed E-state index contributed by atoms with van der Waals surface area (Å²) in [4.78, 5) is 35.5. The molecule has 0 bridgehead atoms. The molecule has 1 aliphatic heterocycles. The number of aliphatic carboxylic acids is 1. The molecule has 12 nitrogen and oxygen atoms in total. The van der Waals surface area contributed by atoms with E-state index in [9.17, 15) is 24.9 Å². The highest BCUT2D eigenvalue weighted by molar-refractivity contribution is 7.98. The van der Waals surface area contributed by atoms with Crippen LogP contribution in [0.2, 0.25) is 0 Å². The van der Waals surface area contributed by atoms with Gasteiger partial charge < -0.3 is 31.1 Å². The fourth-order valence-electron chi connectivity index (χ4n) is 3.11. The van der Waals surface area contributed by atoms with Gasteiger partial charge in [0.25, 0.3) is 0 Å². The SMILES string of the molecule is CSCC[C@H](NC(=O)C[C@H]1O[C@@H](n2cnc3c(N)ncnc32)[C@H](O)[C@@H]1O)C(=O)O. The van der Waals surface area contributed by atoms with Crippen LogP contribution in [-0.4, -0.2) is 83.1 Å². The van der Waals surface area contributed by atoms with Crippen molar-refractivity contribution in [2.24, 2.45) is 0 Å². The smallest absolute Gasteiger partial charge is 0.326 e. The molecule has 0 unspecified atom stereocenters. The van der Waals surface area contributed by atoms with E-state index in [1.165, 1.54) is 29.0 Å². The number of fused-ring (bicyclic) bond motifs is 1. The van der Waals surface area contributed by atoms with Crippen molar-refractivity contribution in [1.82, 2.24) is 24.8 Å². The summed E-state index contributed by atoms with van der Waals surface area (Å²) in [5, 5.41) is 32.4. The number of nitrogens with zero attached hydrogens (tertiary/aromatic N) is 4. The molecular weight excluding hydrogens is 404 g/mol. The quantitative estimate of drug-likeness (QED) is 0.339. The Bertz CT molecular complexity index is 894. The van der Waals surface area contributed by atoms with E-state index in [0.717, 1.165) is 0 Å². The summed E-state index contributed by atoms with van der Waals surface area (Å²) < 4.78 is 7.08. The molecule has 0 aliphatic carbocycles. The Hall–Kier alpha value is -2.48. The molecule has 1 aliphatic rings. The number of thioether (sulfide) groups is 1. The Balaban J connectivity index is 1.70. The lowest BCUT2D eigenvalue weighted by Gasteiger charge is -2.17. The van der Waals surface area contributed by atoms with Gasteiger partial charge in [0.2, 0.25) is 5.91 Å². The van der Waals surface area contributed by atoms with Crippen LogP contribution in [0, 0.1) is 0 Å². The maximum atomic E-state index is 12.3. The first-order valence-electron chi connectivity index (χ1n) is 8.79. The first kappa shape index (κ1) is 21.2. The molecule has 0 aromatic carbocycles. The largest absolute Gasteiger partial charge is 0.480 e. The number of nitrogens with two attached hydrogens (primary N) is 1. The van der Waals surface area contributed by atoms with Crippen LogP contribution in [0.3, 0.4) is 0 Å². The molecule has 5 atom stereocenters. The minimum Gasteiger partial charge on any atom is -0.480 e. The molecule has 3 heterocycles. The van der Waals surface area contributed by atoms with E-state index in [-0.39, 0.29) is 18.7 Å². The Kier molecular flexibility index (Phi) is 6.52. The van der Waals surface area contributed by atoms with Crippen molar-refractivity contribution >= 4 is 40.6 Å². The maximum absolute atomic E-state index is 12.3. The van der Waals surface area contributed by atoms with Crippen LogP contribution in [0.5, 0.6) is 0 Å². The second-order valence-corrected chi connectivity index (χ2v) is 7.56. The van der Waals surface area contributed by atoms with Crippen molar-refractivity contribution in [3.8, 4) is 0 Å². The van der Waals surface area contributed by atoms with Crippen molar-refractivity contribution in [2.45, 2.75) is 43.4 Å². The fourth-order valence-corrected chi connectivity index (χ4v) is 3.58. The number of imidazole rings is 1. The molecule has 6 N–H and O–H groups in total. The molecule has 29 heavy (non-hydrogen) atoms. The van der Waals surface area contributed by atoms with Gasteiger partial charge in [-0.1, -0.05) is 0 Å². The van der Waals surface area contributed by atoms with Crippen LogP contribution in [0.25, 0.3) is 11.2 Å². The molecule has 13 heteroatoms. The number of ether oxygens (including phenoxy) is 1. The summed E-state index contributed by atoms with van der Waals surface area (Å²) in [5.41, 5.74) is 6.37. The van der Waals surface area contributed by atoms with E-state index >= 15 is 0 Å². The van der Waals surface area contributed by atoms with Crippen molar-refractivity contribution in [1.29, 1.82) is 0 Å². The van der Waals surface area contributed by atoms with Gasteiger partial charge >= 0.3 is 5.97 Å². The van der Waals surface area contributed by atoms with Crippen LogP contribution in [0.1, 0.15) is 19.1 Å². The number of rotatable bonds is 8. The van der Waals surface area contributed by atoms with E-state index in [1.807, 2.05) is 6.26 Å². The van der Waals surface area contributed by atoms with Crippen molar-refractivity contribution in [3.05, 3.63) is 12.7 Å². The van der Waals surface area contributed by atoms with Gasteiger partial charge in [-0.2, -0.15) is 11.8 Å². The second kappa shape index (κ2) is 8.90. The molecule has 3 rings (SSSR count).